The molecule has 0 nitrogen and oxygen atoms in total. The maximum absolute atomic E-state index is 12.7. The van der Waals surface area contributed by atoms with Gasteiger partial charge in [0.05, 0.1) is 5.56 Å². The monoisotopic (exact) mass is 306 g/mol. The van der Waals surface area contributed by atoms with Gasteiger partial charge in [-0.2, -0.15) is 13.2 Å². The molecule has 0 atom stereocenters. The lowest BCUT2D eigenvalue weighted by Crippen LogP contribution is -2.04. The zero-order valence-electron chi connectivity index (χ0n) is 9.89. The first kappa shape index (κ1) is 14.8. The number of rotatable bonds is 2. The summed E-state index contributed by atoms with van der Waals surface area (Å²) < 4.78 is 62.6. The highest BCUT2D eigenvalue weighted by Crippen LogP contribution is 2.33. The Balaban J connectivity index is 2.41. The van der Waals surface area contributed by atoms with Crippen molar-refractivity contribution in [2.45, 2.75) is 12.6 Å². The molecule has 0 bridgehead atoms. The van der Waals surface area contributed by atoms with Gasteiger partial charge in [-0.3, -0.25) is 0 Å². The second-order valence-corrected chi connectivity index (χ2v) is 4.59. The fourth-order valence-electron chi connectivity index (χ4n) is 1.76. The van der Waals surface area contributed by atoms with E-state index in [1.807, 2.05) is 0 Å². The molecule has 2 aromatic carbocycles. The minimum atomic E-state index is -4.43. The van der Waals surface area contributed by atoms with E-state index >= 15 is 0 Å². The molecule has 0 spiro atoms. The molecular formula is C14H8ClF5. The fourth-order valence-corrected chi connectivity index (χ4v) is 2.00. The van der Waals surface area contributed by atoms with Gasteiger partial charge in [-0.15, -0.1) is 0 Å². The molecular weight excluding hydrogens is 299 g/mol. The summed E-state index contributed by atoms with van der Waals surface area (Å²) in [6.45, 7) is 0. The Morgan fingerprint density at radius 3 is 1.95 bits per heavy atom. The topological polar surface area (TPSA) is 0 Å². The van der Waals surface area contributed by atoms with Gasteiger partial charge in [-0.1, -0.05) is 23.7 Å². The molecule has 6 heteroatoms. The molecule has 2 rings (SSSR count). The van der Waals surface area contributed by atoms with Crippen LogP contribution in [0.15, 0.2) is 42.5 Å². The largest absolute Gasteiger partial charge is 0.416 e. The maximum atomic E-state index is 12.7. The Bertz CT molecular complexity index is 602. The van der Waals surface area contributed by atoms with Crippen molar-refractivity contribution in [2.75, 3.05) is 0 Å². The molecule has 0 saturated heterocycles. The van der Waals surface area contributed by atoms with Crippen molar-refractivity contribution < 1.29 is 22.0 Å². The summed E-state index contributed by atoms with van der Waals surface area (Å²) in [5.41, 5.74) is -0.325. The number of halogens is 6. The smallest absolute Gasteiger partial charge is 0.205 e. The standard InChI is InChI=1S/C14H8ClF5/c15-12-6-9(5-10(7-12)13(16)17)8-1-3-11(4-2-8)14(18,19)20/h1-7,13H. The van der Waals surface area contributed by atoms with Crippen molar-refractivity contribution >= 4 is 11.6 Å². The third-order valence-electron chi connectivity index (χ3n) is 2.72. The van der Waals surface area contributed by atoms with Gasteiger partial charge in [0, 0.05) is 10.6 Å². The van der Waals surface area contributed by atoms with Crippen LogP contribution in [0.5, 0.6) is 0 Å². The molecule has 0 fully saturated rings. The molecule has 0 unspecified atom stereocenters. The zero-order valence-corrected chi connectivity index (χ0v) is 10.6. The summed E-state index contributed by atoms with van der Waals surface area (Å²) in [5, 5.41) is 0.109. The predicted octanol–water partition coefficient (Wildman–Crippen LogP) is 5.96. The summed E-state index contributed by atoms with van der Waals surface area (Å²) in [6, 6.07) is 8.01. The van der Waals surface area contributed by atoms with E-state index in [9.17, 15) is 22.0 Å². The lowest BCUT2D eigenvalue weighted by Gasteiger charge is -2.09. The number of hydrogen-bond acceptors (Lipinski definition) is 0. The average molecular weight is 307 g/mol. The highest BCUT2D eigenvalue weighted by atomic mass is 35.5. The van der Waals surface area contributed by atoms with Crippen molar-refractivity contribution in [2.24, 2.45) is 0 Å². The van der Waals surface area contributed by atoms with E-state index < -0.39 is 18.2 Å². The SMILES string of the molecule is FC(F)c1cc(Cl)cc(-c2ccc(C(F)(F)F)cc2)c1. The van der Waals surface area contributed by atoms with Crippen molar-refractivity contribution in [3.05, 3.63) is 58.6 Å². The van der Waals surface area contributed by atoms with E-state index in [1.165, 1.54) is 24.3 Å². The van der Waals surface area contributed by atoms with E-state index in [1.54, 1.807) is 0 Å². The molecule has 0 N–H and O–H groups in total. The summed E-state index contributed by atoms with van der Waals surface area (Å²) in [5.74, 6) is 0. The van der Waals surface area contributed by atoms with Gasteiger partial charge in [0.2, 0.25) is 0 Å². The molecule has 0 aliphatic heterocycles. The minimum Gasteiger partial charge on any atom is -0.205 e. The second kappa shape index (κ2) is 5.40. The van der Waals surface area contributed by atoms with Crippen LogP contribution in [-0.4, -0.2) is 0 Å². The highest BCUT2D eigenvalue weighted by molar-refractivity contribution is 6.31. The lowest BCUT2D eigenvalue weighted by molar-refractivity contribution is -0.137. The maximum Gasteiger partial charge on any atom is 0.416 e. The van der Waals surface area contributed by atoms with Crippen molar-refractivity contribution in [1.82, 2.24) is 0 Å². The molecule has 2 aromatic rings. The van der Waals surface area contributed by atoms with Gasteiger partial charge in [-0.25, -0.2) is 8.78 Å². The molecule has 106 valence electrons. The first-order valence-corrected chi connectivity index (χ1v) is 5.91. The number of hydrogen-bond donors (Lipinski definition) is 0. The first-order chi connectivity index (χ1) is 9.27. The van der Waals surface area contributed by atoms with Crippen LogP contribution in [0.3, 0.4) is 0 Å². The predicted molar refractivity (Wildman–Crippen MR) is 66.8 cm³/mol. The van der Waals surface area contributed by atoms with Crippen LogP contribution < -0.4 is 0 Å². The van der Waals surface area contributed by atoms with Crippen LogP contribution in [0.2, 0.25) is 5.02 Å². The van der Waals surface area contributed by atoms with Crippen molar-refractivity contribution in [3.63, 3.8) is 0 Å². The molecule has 0 radical (unpaired) electrons. The Kier molecular flexibility index (Phi) is 3.99. The normalized spacial score (nSPS) is 11.9. The first-order valence-electron chi connectivity index (χ1n) is 5.53. The third kappa shape index (κ3) is 3.28. The van der Waals surface area contributed by atoms with Crippen LogP contribution in [0.25, 0.3) is 11.1 Å². The molecule has 0 aliphatic rings. The van der Waals surface area contributed by atoms with Gasteiger partial charge < -0.3 is 0 Å². The van der Waals surface area contributed by atoms with Crippen molar-refractivity contribution in [1.29, 1.82) is 0 Å². The lowest BCUT2D eigenvalue weighted by atomic mass is 10.0. The van der Waals surface area contributed by atoms with E-state index in [0.717, 1.165) is 18.2 Å². The number of benzene rings is 2. The van der Waals surface area contributed by atoms with Gasteiger partial charge in [0.25, 0.3) is 6.43 Å². The van der Waals surface area contributed by atoms with Crippen LogP contribution in [0.1, 0.15) is 17.6 Å². The van der Waals surface area contributed by atoms with Crippen LogP contribution in [0.4, 0.5) is 22.0 Å². The average Bonchev–Trinajstić information content (AvgIpc) is 2.37. The molecule has 20 heavy (non-hydrogen) atoms. The summed E-state index contributed by atoms with van der Waals surface area (Å²) in [7, 11) is 0. The van der Waals surface area contributed by atoms with Crippen LogP contribution in [0, 0.1) is 0 Å². The Hall–Kier alpha value is -1.62. The third-order valence-corrected chi connectivity index (χ3v) is 2.94. The Morgan fingerprint density at radius 1 is 0.850 bits per heavy atom. The van der Waals surface area contributed by atoms with Crippen LogP contribution in [-0.2, 0) is 6.18 Å². The summed E-state index contributed by atoms with van der Waals surface area (Å²) in [6.07, 6.45) is -7.12. The van der Waals surface area contributed by atoms with Crippen molar-refractivity contribution in [3.8, 4) is 11.1 Å². The molecule has 0 amide bonds. The fraction of sp³-hybridized carbons (Fsp3) is 0.143. The minimum absolute atomic E-state index is 0.109. The number of alkyl halides is 5. The quantitative estimate of drug-likeness (QED) is 0.600. The van der Waals surface area contributed by atoms with E-state index in [2.05, 4.69) is 0 Å². The van der Waals surface area contributed by atoms with E-state index in [0.29, 0.717) is 11.1 Å². The van der Waals surface area contributed by atoms with E-state index in [4.69, 9.17) is 11.6 Å². The molecule has 0 saturated carbocycles. The molecule has 0 aromatic heterocycles. The van der Waals surface area contributed by atoms with Gasteiger partial charge in [-0.05, 0) is 41.5 Å². The highest BCUT2D eigenvalue weighted by Gasteiger charge is 2.29. The second-order valence-electron chi connectivity index (χ2n) is 4.15. The summed E-state index contributed by atoms with van der Waals surface area (Å²) >= 11 is 5.73. The Labute approximate surface area is 116 Å². The van der Waals surface area contributed by atoms with Gasteiger partial charge in [0.1, 0.15) is 0 Å². The molecule has 0 heterocycles. The van der Waals surface area contributed by atoms with Crippen LogP contribution >= 0.6 is 11.6 Å². The molecule has 0 aliphatic carbocycles. The Morgan fingerprint density at radius 2 is 1.45 bits per heavy atom. The van der Waals surface area contributed by atoms with E-state index in [-0.39, 0.29) is 10.6 Å². The summed E-state index contributed by atoms with van der Waals surface area (Å²) in [4.78, 5) is 0. The van der Waals surface area contributed by atoms with Gasteiger partial charge in [0.15, 0.2) is 0 Å². The van der Waals surface area contributed by atoms with Gasteiger partial charge >= 0.3 is 6.18 Å². The zero-order chi connectivity index (χ0) is 14.9.